The van der Waals surface area contributed by atoms with E-state index < -0.39 is 0 Å². The maximum absolute atomic E-state index is 6.49. The van der Waals surface area contributed by atoms with Gasteiger partial charge in [0.25, 0.3) is 0 Å². The maximum atomic E-state index is 6.49. The fourth-order valence-electron chi connectivity index (χ4n) is 2.82. The number of halogens is 1. The Balaban J connectivity index is 1.77. The van der Waals surface area contributed by atoms with Crippen LogP contribution in [0.5, 0.6) is 0 Å². The van der Waals surface area contributed by atoms with Crippen molar-refractivity contribution in [2.75, 3.05) is 0 Å². The molecule has 134 valence electrons. The van der Waals surface area contributed by atoms with Gasteiger partial charge in [-0.05, 0) is 42.3 Å². The number of hydrogen-bond donors (Lipinski definition) is 0. The van der Waals surface area contributed by atoms with Crippen LogP contribution in [0.4, 0.5) is 0 Å². The van der Waals surface area contributed by atoms with Gasteiger partial charge < -0.3 is 0 Å². The normalized spacial score (nSPS) is 10.9. The Kier molecular flexibility index (Phi) is 5.23. The Hall–Kier alpha value is -2.63. The Morgan fingerprint density at radius 2 is 1.67 bits per heavy atom. The zero-order chi connectivity index (χ0) is 18.6. The van der Waals surface area contributed by atoms with Gasteiger partial charge in [0.15, 0.2) is 11.0 Å². The molecule has 2 aromatic carbocycles. The van der Waals surface area contributed by atoms with Crippen molar-refractivity contribution in [1.29, 1.82) is 0 Å². The van der Waals surface area contributed by atoms with E-state index in [0.717, 1.165) is 28.0 Å². The number of hydrogen-bond acceptors (Lipinski definition) is 4. The van der Waals surface area contributed by atoms with Crippen LogP contribution in [-0.2, 0) is 5.75 Å². The predicted octanol–water partition coefficient (Wildman–Crippen LogP) is 5.58. The van der Waals surface area contributed by atoms with Gasteiger partial charge in [-0.25, -0.2) is 0 Å². The van der Waals surface area contributed by atoms with Crippen molar-refractivity contribution in [3.8, 4) is 17.1 Å². The highest BCUT2D eigenvalue weighted by molar-refractivity contribution is 7.98. The van der Waals surface area contributed by atoms with Crippen LogP contribution in [-0.4, -0.2) is 19.7 Å². The van der Waals surface area contributed by atoms with Crippen LogP contribution in [0.1, 0.15) is 11.1 Å². The Morgan fingerprint density at radius 1 is 0.926 bits per heavy atom. The first kappa shape index (κ1) is 17.8. The highest BCUT2D eigenvalue weighted by Gasteiger charge is 2.18. The molecule has 2 heterocycles. The smallest absolute Gasteiger partial charge is 0.196 e. The van der Waals surface area contributed by atoms with Gasteiger partial charge in [-0.15, -0.1) is 10.2 Å². The van der Waals surface area contributed by atoms with Gasteiger partial charge in [0.05, 0.1) is 10.7 Å². The van der Waals surface area contributed by atoms with E-state index in [4.69, 9.17) is 11.6 Å². The van der Waals surface area contributed by atoms with E-state index in [9.17, 15) is 0 Å². The summed E-state index contributed by atoms with van der Waals surface area (Å²) in [4.78, 5) is 4.09. The second-order valence-electron chi connectivity index (χ2n) is 6.04. The van der Waals surface area contributed by atoms with Crippen molar-refractivity contribution >= 4 is 23.4 Å². The Labute approximate surface area is 167 Å². The predicted molar refractivity (Wildman–Crippen MR) is 110 cm³/mol. The summed E-state index contributed by atoms with van der Waals surface area (Å²) in [7, 11) is 0. The van der Waals surface area contributed by atoms with Crippen LogP contribution in [0.3, 0.4) is 0 Å². The lowest BCUT2D eigenvalue weighted by molar-refractivity contribution is 0.886. The zero-order valence-corrected chi connectivity index (χ0v) is 16.3. The largest absolute Gasteiger partial charge is 0.268 e. The highest BCUT2D eigenvalue weighted by atomic mass is 35.5. The summed E-state index contributed by atoms with van der Waals surface area (Å²) >= 11 is 8.14. The lowest BCUT2D eigenvalue weighted by Gasteiger charge is -2.12. The van der Waals surface area contributed by atoms with Gasteiger partial charge >= 0.3 is 0 Å². The second-order valence-corrected chi connectivity index (χ2v) is 7.39. The van der Waals surface area contributed by atoms with Crippen molar-refractivity contribution in [3.05, 3.63) is 89.2 Å². The van der Waals surface area contributed by atoms with E-state index in [2.05, 4.69) is 46.4 Å². The minimum absolute atomic E-state index is 0.658. The number of para-hydroxylation sites is 1. The number of aryl methyl sites for hydroxylation is 1. The third-order valence-electron chi connectivity index (χ3n) is 4.28. The maximum Gasteiger partial charge on any atom is 0.196 e. The SMILES string of the molecule is Cc1ccccc1CSc1nnc(-c2ccncc2)n1-c1ccccc1Cl. The first-order valence-corrected chi connectivity index (χ1v) is 9.88. The molecule has 2 aromatic heterocycles. The molecule has 0 aliphatic heterocycles. The molecular formula is C21H17ClN4S. The van der Waals surface area contributed by atoms with Gasteiger partial charge in [-0.2, -0.15) is 0 Å². The molecule has 0 radical (unpaired) electrons. The van der Waals surface area contributed by atoms with Crippen LogP contribution in [0, 0.1) is 6.92 Å². The second kappa shape index (κ2) is 7.94. The van der Waals surface area contributed by atoms with Crippen LogP contribution in [0.2, 0.25) is 5.02 Å². The van der Waals surface area contributed by atoms with Gasteiger partial charge in [0.1, 0.15) is 0 Å². The summed E-state index contributed by atoms with van der Waals surface area (Å²) in [5.41, 5.74) is 4.35. The topological polar surface area (TPSA) is 43.6 Å². The van der Waals surface area contributed by atoms with E-state index in [0.29, 0.717) is 5.02 Å². The molecule has 27 heavy (non-hydrogen) atoms. The number of benzene rings is 2. The average Bonchev–Trinajstić information content (AvgIpc) is 3.12. The first-order chi connectivity index (χ1) is 13.2. The first-order valence-electron chi connectivity index (χ1n) is 8.52. The third-order valence-corrected chi connectivity index (χ3v) is 5.58. The molecule has 0 amide bonds. The molecule has 0 N–H and O–H groups in total. The molecule has 0 saturated carbocycles. The van der Waals surface area contributed by atoms with Gasteiger partial charge in [0, 0.05) is 23.7 Å². The molecule has 0 fully saturated rings. The van der Waals surface area contributed by atoms with E-state index in [-0.39, 0.29) is 0 Å². The molecule has 0 aliphatic rings. The highest BCUT2D eigenvalue weighted by Crippen LogP contribution is 2.32. The van der Waals surface area contributed by atoms with E-state index in [1.54, 1.807) is 24.2 Å². The average molecular weight is 393 g/mol. The third kappa shape index (κ3) is 3.75. The molecule has 6 heteroatoms. The van der Waals surface area contributed by atoms with Crippen molar-refractivity contribution in [2.45, 2.75) is 17.8 Å². The molecule has 0 aliphatic carbocycles. The summed E-state index contributed by atoms with van der Waals surface area (Å²) < 4.78 is 2.01. The molecular weight excluding hydrogens is 376 g/mol. The number of aromatic nitrogens is 4. The molecule has 0 atom stereocenters. The van der Waals surface area contributed by atoms with Gasteiger partial charge in [-0.3, -0.25) is 9.55 Å². The molecule has 4 rings (SSSR count). The molecule has 4 aromatic rings. The van der Waals surface area contributed by atoms with Crippen molar-refractivity contribution in [2.24, 2.45) is 0 Å². The summed E-state index contributed by atoms with van der Waals surface area (Å²) in [6, 6.07) is 20.0. The number of thioether (sulfide) groups is 1. The number of nitrogens with zero attached hydrogens (tertiary/aromatic N) is 4. The summed E-state index contributed by atoms with van der Waals surface area (Å²) in [5, 5.41) is 10.4. The minimum atomic E-state index is 0.658. The van der Waals surface area contributed by atoms with Crippen LogP contribution < -0.4 is 0 Å². The van der Waals surface area contributed by atoms with Crippen molar-refractivity contribution < 1.29 is 0 Å². The van der Waals surface area contributed by atoms with Crippen LogP contribution in [0.15, 0.2) is 78.2 Å². The monoisotopic (exact) mass is 392 g/mol. The quantitative estimate of drug-likeness (QED) is 0.415. The van der Waals surface area contributed by atoms with E-state index >= 15 is 0 Å². The Morgan fingerprint density at radius 3 is 2.44 bits per heavy atom. The zero-order valence-electron chi connectivity index (χ0n) is 14.7. The van der Waals surface area contributed by atoms with Crippen molar-refractivity contribution in [1.82, 2.24) is 19.7 Å². The standard InChI is InChI=1S/C21H17ClN4S/c1-15-6-2-3-7-17(15)14-27-21-25-24-20(16-10-12-23-13-11-16)26(21)19-9-5-4-8-18(19)22/h2-13H,14H2,1H3. The van der Waals surface area contributed by atoms with Gasteiger partial charge in [0.2, 0.25) is 0 Å². The molecule has 0 spiro atoms. The van der Waals surface area contributed by atoms with Crippen molar-refractivity contribution in [3.63, 3.8) is 0 Å². The van der Waals surface area contributed by atoms with E-state index in [1.165, 1.54) is 11.1 Å². The molecule has 0 bridgehead atoms. The minimum Gasteiger partial charge on any atom is -0.268 e. The summed E-state index contributed by atoms with van der Waals surface area (Å²) in [6.45, 7) is 2.12. The van der Waals surface area contributed by atoms with Crippen LogP contribution in [0.25, 0.3) is 17.1 Å². The lowest BCUT2D eigenvalue weighted by atomic mass is 10.1. The lowest BCUT2D eigenvalue weighted by Crippen LogP contribution is -2.01. The fourth-order valence-corrected chi connectivity index (χ4v) is 4.06. The number of rotatable bonds is 5. The summed E-state index contributed by atoms with van der Waals surface area (Å²) in [6.07, 6.45) is 3.50. The summed E-state index contributed by atoms with van der Waals surface area (Å²) in [5.74, 6) is 1.56. The Bertz CT molecular complexity index is 1060. The van der Waals surface area contributed by atoms with E-state index in [1.807, 2.05) is 41.0 Å². The van der Waals surface area contributed by atoms with Gasteiger partial charge in [-0.1, -0.05) is 59.8 Å². The number of pyridine rings is 1. The molecule has 4 nitrogen and oxygen atoms in total. The molecule has 0 unspecified atom stereocenters. The molecule has 0 saturated heterocycles. The van der Waals surface area contributed by atoms with Crippen LogP contribution >= 0.6 is 23.4 Å². The fraction of sp³-hybridized carbons (Fsp3) is 0.0952.